The lowest BCUT2D eigenvalue weighted by atomic mass is 9.81. The van der Waals surface area contributed by atoms with Crippen LogP contribution in [-0.4, -0.2) is 29.8 Å². The lowest BCUT2D eigenvalue weighted by Gasteiger charge is -2.28. The Bertz CT molecular complexity index is 1390. The molecule has 6 heterocycles. The summed E-state index contributed by atoms with van der Waals surface area (Å²) in [6.07, 6.45) is 11.0. The number of rotatable bonds is 3. The second kappa shape index (κ2) is 14.5. The molecule has 0 spiro atoms. The zero-order chi connectivity index (χ0) is 33.2. The molecule has 6 rings (SSSR count). The highest BCUT2D eigenvalue weighted by Gasteiger charge is 2.36. The van der Waals surface area contributed by atoms with Gasteiger partial charge in [0.2, 0.25) is 6.33 Å². The number of aromatic amines is 4. The fourth-order valence-electron chi connectivity index (χ4n) is 6.05. The van der Waals surface area contributed by atoms with E-state index in [9.17, 15) is 0 Å². The number of hydrogen-bond acceptors (Lipinski definition) is 0. The molecule has 0 aromatic carbocycles. The molecule has 0 fully saturated rings. The third kappa shape index (κ3) is 7.50. The maximum Gasteiger partial charge on any atom is 0.243 e. The van der Waals surface area contributed by atoms with E-state index >= 15 is 0 Å². The van der Waals surface area contributed by atoms with Crippen LogP contribution in [0.25, 0.3) is 0 Å². The van der Waals surface area contributed by atoms with Crippen molar-refractivity contribution in [3.63, 3.8) is 0 Å². The van der Waals surface area contributed by atoms with Gasteiger partial charge in [-0.25, -0.2) is 9.13 Å². The van der Waals surface area contributed by atoms with Crippen LogP contribution >= 0.6 is 23.2 Å². The van der Waals surface area contributed by atoms with Crippen molar-refractivity contribution in [3.8, 4) is 0 Å². The van der Waals surface area contributed by atoms with Gasteiger partial charge in [-0.3, -0.25) is 0 Å². The Morgan fingerprint density at radius 2 is 1.07 bits per heavy atom. The molecule has 0 radical (unpaired) electrons. The van der Waals surface area contributed by atoms with Gasteiger partial charge in [-0.15, -0.1) is 23.2 Å². The van der Waals surface area contributed by atoms with E-state index in [4.69, 9.17) is 23.2 Å². The molecule has 252 valence electrons. The quantitative estimate of drug-likeness (QED) is 0.130. The number of aromatic nitrogens is 6. The summed E-state index contributed by atoms with van der Waals surface area (Å²) in [5.41, 5.74) is 9.19. The molecule has 6 nitrogen and oxygen atoms in total. The van der Waals surface area contributed by atoms with E-state index in [0.29, 0.717) is 0 Å². The van der Waals surface area contributed by atoms with Crippen LogP contribution in [0.3, 0.4) is 0 Å². The minimum atomic E-state index is -0.163. The van der Waals surface area contributed by atoms with Crippen LogP contribution in [0.4, 0.5) is 0 Å². The third-order valence-corrected chi connectivity index (χ3v) is 9.77. The molecule has 1 aliphatic rings. The Morgan fingerprint density at radius 1 is 0.674 bits per heavy atom. The second-order valence-corrected chi connectivity index (χ2v) is 15.2. The first-order valence-corrected chi connectivity index (χ1v) is 17.1. The number of aryl methyl sites for hydroxylation is 2. The van der Waals surface area contributed by atoms with Gasteiger partial charge in [0.1, 0.15) is 12.4 Å². The van der Waals surface area contributed by atoms with Crippen LogP contribution in [0.1, 0.15) is 121 Å². The van der Waals surface area contributed by atoms with Crippen molar-refractivity contribution in [1.29, 1.82) is 0 Å². The molecule has 0 unspecified atom stereocenters. The van der Waals surface area contributed by atoms with Crippen LogP contribution < -0.4 is 17.0 Å². The first kappa shape index (κ1) is 37.7. The summed E-state index contributed by atoms with van der Waals surface area (Å²) in [5.74, 6) is 0. The number of alkyl halides is 2. The summed E-state index contributed by atoms with van der Waals surface area (Å²) >= 11 is 9.53. The van der Waals surface area contributed by atoms with Gasteiger partial charge in [-0.2, -0.15) is 0 Å². The predicted octanol–water partition coefficient (Wildman–Crippen LogP) is 6.15. The van der Waals surface area contributed by atoms with Gasteiger partial charge >= 0.3 is 0 Å². The molecule has 0 amide bonds. The Labute approximate surface area is 292 Å². The highest BCUT2D eigenvalue weighted by atomic mass is 35.5. The molecule has 4 N–H and O–H groups in total. The number of nitrogens with zero attached hydrogens (tertiary/aromatic N) is 2. The molecule has 0 saturated heterocycles. The average Bonchev–Trinajstić information content (AvgIpc) is 3.80. The van der Waals surface area contributed by atoms with E-state index in [1.807, 2.05) is 7.05 Å². The lowest BCUT2D eigenvalue weighted by Crippen LogP contribution is -3.00. The highest BCUT2D eigenvalue weighted by molar-refractivity contribution is 6.40. The zero-order valence-electron chi connectivity index (χ0n) is 29.2. The zero-order valence-corrected chi connectivity index (χ0v) is 31.5. The molecular formula is C37H53Cl3N6. The van der Waals surface area contributed by atoms with E-state index in [2.05, 4.69) is 159 Å². The van der Waals surface area contributed by atoms with Gasteiger partial charge in [0.15, 0.2) is 0 Å². The van der Waals surface area contributed by atoms with Gasteiger partial charge in [-0.1, -0.05) is 27.2 Å². The standard InChI is InChI=1S/C28H36N4.C8H15N2.CH2Cl2.ClH/c1-25(2)17-15-24(29-16-17)28(7,8)23-14-13-22(32-23)27(5,6)21-12-11-20(31-21)26(3,4)19-10-9-18(25)30-19;1-3-4-5-10-7-6-9(2)8-10;2-1-3;/h9-16,29-32H,1-8H3;6-8H,3-5H2,1-2H3;1H2;1H/q;+1;;/p-1. The third-order valence-electron chi connectivity index (χ3n) is 9.77. The number of fused-ring (bicyclic) bond motifs is 8. The first-order chi connectivity index (χ1) is 21.1. The Balaban J connectivity index is 0.000000347. The molecule has 0 saturated carbocycles. The van der Waals surface area contributed by atoms with Gasteiger partial charge in [0.05, 0.1) is 18.9 Å². The Hall–Kier alpha value is -2.80. The molecule has 5 aromatic rings. The lowest BCUT2D eigenvalue weighted by molar-refractivity contribution is -0.671. The van der Waals surface area contributed by atoms with E-state index in [-0.39, 0.29) is 39.4 Å². The number of halogens is 3. The number of unbranched alkanes of at least 4 members (excludes halogenated alkanes) is 1. The van der Waals surface area contributed by atoms with Crippen molar-refractivity contribution in [1.82, 2.24) is 24.5 Å². The number of H-pyrrole nitrogens is 4. The minimum absolute atomic E-state index is 0. The fraction of sp³-hybridized carbons (Fsp3) is 0.486. The summed E-state index contributed by atoms with van der Waals surface area (Å²) < 4.78 is 4.28. The van der Waals surface area contributed by atoms with E-state index in [1.165, 1.54) is 58.3 Å². The summed E-state index contributed by atoms with van der Waals surface area (Å²) in [6, 6.07) is 15.8. The summed E-state index contributed by atoms with van der Waals surface area (Å²) in [5, 5.41) is 0.194. The number of nitrogens with one attached hydrogen (secondary N) is 4. The predicted molar refractivity (Wildman–Crippen MR) is 189 cm³/mol. The van der Waals surface area contributed by atoms with Crippen molar-refractivity contribution in [2.45, 2.75) is 103 Å². The van der Waals surface area contributed by atoms with Crippen LogP contribution in [0.15, 0.2) is 67.4 Å². The Morgan fingerprint density at radius 3 is 1.43 bits per heavy atom. The van der Waals surface area contributed by atoms with Gasteiger partial charge in [-0.05, 0) is 96.0 Å². The van der Waals surface area contributed by atoms with Crippen LogP contribution in [0.5, 0.6) is 0 Å². The van der Waals surface area contributed by atoms with E-state index in [1.54, 1.807) is 0 Å². The summed E-state index contributed by atoms with van der Waals surface area (Å²) in [4.78, 5) is 14.9. The molecule has 5 aromatic heterocycles. The molecule has 8 bridgehead atoms. The average molecular weight is 688 g/mol. The van der Waals surface area contributed by atoms with Crippen molar-refractivity contribution in [3.05, 3.63) is 113 Å². The maximum atomic E-state index is 4.76. The first-order valence-electron chi connectivity index (χ1n) is 16.0. The van der Waals surface area contributed by atoms with Crippen LogP contribution in [0, 0.1) is 0 Å². The minimum Gasteiger partial charge on any atom is -1.00 e. The van der Waals surface area contributed by atoms with Gasteiger partial charge < -0.3 is 32.3 Å². The SMILES string of the molecule is CC1(C)c2c[nH]c(c2)C(C)(C)c2ccc([nH]2)C(C)(C)c2ccc([nH]2)C(C)(C)c2ccc1[nH]2.CCCCn1cc[n+](C)c1.ClCCl.[Cl-]. The van der Waals surface area contributed by atoms with Crippen molar-refractivity contribution in [2.75, 3.05) is 5.34 Å². The molecule has 0 atom stereocenters. The molecular weight excluding hydrogens is 635 g/mol. The highest BCUT2D eigenvalue weighted by Crippen LogP contribution is 2.41. The summed E-state index contributed by atoms with van der Waals surface area (Å²) in [6.45, 7) is 21.6. The maximum absolute atomic E-state index is 4.76. The van der Waals surface area contributed by atoms with Crippen molar-refractivity contribution >= 4 is 23.2 Å². The largest absolute Gasteiger partial charge is 1.00 e. The van der Waals surface area contributed by atoms with E-state index < -0.39 is 0 Å². The van der Waals surface area contributed by atoms with Crippen LogP contribution in [-0.2, 0) is 35.3 Å². The second-order valence-electron chi connectivity index (χ2n) is 14.4. The molecule has 1 aliphatic heterocycles. The fourth-order valence-corrected chi connectivity index (χ4v) is 6.05. The van der Waals surface area contributed by atoms with Gasteiger partial charge in [0, 0.05) is 67.7 Å². The van der Waals surface area contributed by atoms with Gasteiger partial charge in [0.25, 0.3) is 0 Å². The molecule has 0 aliphatic carbocycles. The Kier molecular flexibility index (Phi) is 11.9. The molecule has 9 heteroatoms. The summed E-state index contributed by atoms with van der Waals surface area (Å²) in [7, 11) is 2.04. The number of hydrogen-bond donors (Lipinski definition) is 4. The smallest absolute Gasteiger partial charge is 0.243 e. The van der Waals surface area contributed by atoms with E-state index in [0.717, 1.165) is 6.54 Å². The van der Waals surface area contributed by atoms with Crippen molar-refractivity contribution in [2.24, 2.45) is 7.05 Å². The molecule has 46 heavy (non-hydrogen) atoms. The monoisotopic (exact) mass is 686 g/mol. The topological polar surface area (TPSA) is 72.0 Å². The van der Waals surface area contributed by atoms with Crippen LogP contribution in [0.2, 0.25) is 0 Å². The van der Waals surface area contributed by atoms with Crippen molar-refractivity contribution < 1.29 is 17.0 Å². The normalized spacial score (nSPS) is 16.7. The number of imidazole rings is 1.